The van der Waals surface area contributed by atoms with Crippen molar-refractivity contribution in [3.05, 3.63) is 89.4 Å². The van der Waals surface area contributed by atoms with Gasteiger partial charge in [0, 0.05) is 36.8 Å². The fourth-order valence-electron chi connectivity index (χ4n) is 5.56. The van der Waals surface area contributed by atoms with Crippen molar-refractivity contribution in [2.45, 2.75) is 63.3 Å². The second-order valence-electron chi connectivity index (χ2n) is 11.9. The van der Waals surface area contributed by atoms with Crippen LogP contribution in [0.3, 0.4) is 0 Å². The normalized spacial score (nSPS) is 16.0. The number of pyridine rings is 1. The van der Waals surface area contributed by atoms with E-state index in [-0.39, 0.29) is 28.2 Å². The Bertz CT molecular complexity index is 1640. The lowest BCUT2D eigenvalue weighted by Gasteiger charge is -2.27. The lowest BCUT2D eigenvalue weighted by molar-refractivity contribution is -0.122. The van der Waals surface area contributed by atoms with E-state index in [1.807, 2.05) is 52.3 Å². The summed E-state index contributed by atoms with van der Waals surface area (Å²) < 4.78 is 27.7. The van der Waals surface area contributed by atoms with Crippen LogP contribution in [0.4, 0.5) is 0 Å². The summed E-state index contributed by atoms with van der Waals surface area (Å²) in [6, 6.07) is 14.7. The third kappa shape index (κ3) is 6.06. The van der Waals surface area contributed by atoms with Crippen molar-refractivity contribution < 1.29 is 13.2 Å². The Morgan fingerprint density at radius 3 is 2.44 bits per heavy atom. The molecular formula is C32H39N5O3S. The molecule has 0 radical (unpaired) electrons. The third-order valence-corrected chi connectivity index (χ3v) is 10.3. The van der Waals surface area contributed by atoms with Crippen LogP contribution in [0.1, 0.15) is 54.4 Å². The molecule has 2 aromatic heterocycles. The van der Waals surface area contributed by atoms with Crippen LogP contribution in [-0.4, -0.2) is 60.1 Å². The van der Waals surface area contributed by atoms with Crippen molar-refractivity contribution in [1.82, 2.24) is 24.4 Å². The van der Waals surface area contributed by atoms with E-state index in [0.717, 1.165) is 44.6 Å². The Morgan fingerprint density at radius 2 is 1.80 bits per heavy atom. The summed E-state index contributed by atoms with van der Waals surface area (Å²) in [4.78, 5) is 19.7. The van der Waals surface area contributed by atoms with Crippen molar-refractivity contribution in [3.63, 3.8) is 0 Å². The van der Waals surface area contributed by atoms with Crippen molar-refractivity contribution in [3.8, 4) is 0 Å². The van der Waals surface area contributed by atoms with E-state index in [9.17, 15) is 13.2 Å². The van der Waals surface area contributed by atoms with Crippen LogP contribution in [0.15, 0.2) is 72.0 Å². The maximum Gasteiger partial charge on any atom is 0.283 e. The smallest absolute Gasteiger partial charge is 0.283 e. The molecule has 9 heteroatoms. The van der Waals surface area contributed by atoms with Gasteiger partial charge in [-0.1, -0.05) is 36.8 Å². The van der Waals surface area contributed by atoms with Crippen molar-refractivity contribution in [2.24, 2.45) is 5.41 Å². The summed E-state index contributed by atoms with van der Waals surface area (Å²) in [6.45, 7) is 6.70. The number of nitrogens with one attached hydrogen (secondary N) is 1. The Balaban J connectivity index is 1.30. The highest BCUT2D eigenvalue weighted by molar-refractivity contribution is 7.90. The summed E-state index contributed by atoms with van der Waals surface area (Å²) in [6.07, 6.45) is 8.69. The molecule has 1 saturated carbocycles. The molecule has 1 fully saturated rings. The molecule has 5 rings (SSSR count). The van der Waals surface area contributed by atoms with Crippen LogP contribution in [0, 0.1) is 19.3 Å². The van der Waals surface area contributed by atoms with Gasteiger partial charge in [-0.25, -0.2) is 0 Å². The number of aromatic nitrogens is 3. The summed E-state index contributed by atoms with van der Waals surface area (Å²) >= 11 is 0. The van der Waals surface area contributed by atoms with Gasteiger partial charge in [-0.05, 0) is 99.5 Å². The predicted octanol–water partition coefficient (Wildman–Crippen LogP) is 4.85. The third-order valence-electron chi connectivity index (χ3n) is 8.73. The second-order valence-corrected chi connectivity index (χ2v) is 13.7. The Morgan fingerprint density at radius 1 is 1.07 bits per heavy atom. The Kier molecular flexibility index (Phi) is 8.03. The highest BCUT2D eigenvalue weighted by Crippen LogP contribution is 2.56. The molecule has 0 spiro atoms. The molecule has 216 valence electrons. The minimum absolute atomic E-state index is 0.0496. The largest absolute Gasteiger partial charge is 0.355 e. The van der Waals surface area contributed by atoms with Crippen LogP contribution in [-0.2, 0) is 21.2 Å². The highest BCUT2D eigenvalue weighted by atomic mass is 32.2. The number of fused-ring (bicyclic) bond motifs is 1. The second kappa shape index (κ2) is 11.4. The van der Waals surface area contributed by atoms with E-state index in [1.165, 1.54) is 0 Å². The van der Waals surface area contributed by atoms with Gasteiger partial charge in [-0.15, -0.1) is 0 Å². The molecule has 1 aliphatic carbocycles. The van der Waals surface area contributed by atoms with Crippen LogP contribution < -0.4 is 5.32 Å². The molecule has 41 heavy (non-hydrogen) atoms. The number of hydrogen-bond donors (Lipinski definition) is 1. The van der Waals surface area contributed by atoms with Gasteiger partial charge in [0.15, 0.2) is 0 Å². The lowest BCUT2D eigenvalue weighted by atomic mass is 9.82. The number of hydrogen-bond acceptors (Lipinski definition) is 6. The minimum atomic E-state index is -3.81. The average Bonchev–Trinajstić information content (AvgIpc) is 3.53. The van der Waals surface area contributed by atoms with E-state index < -0.39 is 10.0 Å². The topological polar surface area (TPSA) is 97.2 Å². The van der Waals surface area contributed by atoms with E-state index in [1.54, 1.807) is 36.7 Å². The molecule has 0 bridgehead atoms. The first-order chi connectivity index (χ1) is 19.5. The van der Waals surface area contributed by atoms with Gasteiger partial charge >= 0.3 is 0 Å². The number of benzene rings is 2. The van der Waals surface area contributed by atoms with Crippen LogP contribution in [0.2, 0.25) is 0 Å². The molecular weight excluding hydrogens is 534 g/mol. The monoisotopic (exact) mass is 573 g/mol. The van der Waals surface area contributed by atoms with Crippen LogP contribution in [0.25, 0.3) is 10.9 Å². The quantitative estimate of drug-likeness (QED) is 0.276. The number of amides is 1. The van der Waals surface area contributed by atoms with Crippen LogP contribution >= 0.6 is 0 Å². The SMILES string of the molecule is Cc1ccc(S(=O)(=O)n2ncc3c(C)c(C[C@@H](CNC(=O)C[C@H](c4cccnc4)C4(C)CC4)N(C)C)ccc32)cc1. The first-order valence-corrected chi connectivity index (χ1v) is 15.5. The van der Waals surface area contributed by atoms with Gasteiger partial charge in [-0.2, -0.15) is 17.6 Å². The average molecular weight is 574 g/mol. The van der Waals surface area contributed by atoms with E-state index in [2.05, 4.69) is 33.3 Å². The highest BCUT2D eigenvalue weighted by Gasteiger charge is 2.46. The van der Waals surface area contributed by atoms with Gasteiger partial charge in [0.05, 0.1) is 16.6 Å². The molecule has 0 aliphatic heterocycles. The van der Waals surface area contributed by atoms with Gasteiger partial charge < -0.3 is 10.2 Å². The minimum Gasteiger partial charge on any atom is -0.355 e. The van der Waals surface area contributed by atoms with E-state index >= 15 is 0 Å². The molecule has 1 aliphatic rings. The zero-order valence-corrected chi connectivity index (χ0v) is 25.3. The number of carbonyl (C=O) groups is 1. The summed E-state index contributed by atoms with van der Waals surface area (Å²) in [7, 11) is 0.215. The number of nitrogens with zero attached hydrogens (tertiary/aromatic N) is 4. The zero-order chi connectivity index (χ0) is 29.4. The predicted molar refractivity (Wildman–Crippen MR) is 161 cm³/mol. The summed E-state index contributed by atoms with van der Waals surface area (Å²) in [5.41, 5.74) is 4.91. The molecule has 1 N–H and O–H groups in total. The Labute approximate surface area is 242 Å². The summed E-state index contributed by atoms with van der Waals surface area (Å²) in [5.74, 6) is 0.208. The van der Waals surface area contributed by atoms with Crippen LogP contribution in [0.5, 0.6) is 0 Å². The van der Waals surface area contributed by atoms with Gasteiger partial charge in [0.2, 0.25) is 5.91 Å². The number of aryl methyl sites for hydroxylation is 2. The maximum atomic E-state index is 13.3. The molecule has 2 aromatic carbocycles. The standard InChI is InChI=1S/C32H39N5O3S/c1-22-8-11-27(12-9-22)41(39,40)37-30-13-10-24(23(2)28(30)21-35-37)17-26(36(4)5)20-34-31(38)18-29(32(3)14-15-32)25-7-6-16-33-19-25/h6-13,16,19,21,26,29H,14-15,17-18,20H2,1-5H3,(H,34,38)/t26-,29+/m0/s1. The van der Waals surface area contributed by atoms with Crippen molar-refractivity contribution in [1.29, 1.82) is 0 Å². The lowest BCUT2D eigenvalue weighted by Crippen LogP contribution is -2.42. The fourth-order valence-corrected chi connectivity index (χ4v) is 6.83. The number of rotatable bonds is 11. The molecule has 8 nitrogen and oxygen atoms in total. The van der Waals surface area contributed by atoms with Crippen molar-refractivity contribution in [2.75, 3.05) is 20.6 Å². The van der Waals surface area contributed by atoms with Gasteiger partial charge in [-0.3, -0.25) is 9.78 Å². The molecule has 1 amide bonds. The summed E-state index contributed by atoms with van der Waals surface area (Å²) in [5, 5.41) is 8.27. The zero-order valence-electron chi connectivity index (χ0n) is 24.5. The fraction of sp³-hybridized carbons (Fsp3) is 0.406. The van der Waals surface area contributed by atoms with E-state index in [4.69, 9.17) is 0 Å². The molecule has 0 unspecified atom stereocenters. The van der Waals surface area contributed by atoms with E-state index in [0.29, 0.717) is 24.9 Å². The molecule has 0 saturated heterocycles. The van der Waals surface area contributed by atoms with Gasteiger partial charge in [0.25, 0.3) is 10.0 Å². The first kappa shape index (κ1) is 29.0. The Hall–Kier alpha value is -3.56. The molecule has 2 atom stereocenters. The number of carbonyl (C=O) groups excluding carboxylic acids is 1. The first-order valence-electron chi connectivity index (χ1n) is 14.1. The van der Waals surface area contributed by atoms with Gasteiger partial charge in [0.1, 0.15) is 0 Å². The van der Waals surface area contributed by atoms with Crippen molar-refractivity contribution >= 4 is 26.8 Å². The molecule has 2 heterocycles. The number of likely N-dealkylation sites (N-methyl/N-ethyl adjacent to an activating group) is 1. The molecule has 4 aromatic rings. The maximum absolute atomic E-state index is 13.3.